The fourth-order valence-corrected chi connectivity index (χ4v) is 2.03. The number of nitrogen functional groups attached to an aromatic ring is 1. The van der Waals surface area contributed by atoms with Gasteiger partial charge in [0.15, 0.2) is 9.84 Å². The van der Waals surface area contributed by atoms with Crippen molar-refractivity contribution >= 4 is 15.7 Å². The van der Waals surface area contributed by atoms with Crippen LogP contribution < -0.4 is 10.5 Å². The molecule has 0 amide bonds. The van der Waals surface area contributed by atoms with Crippen molar-refractivity contribution < 1.29 is 13.2 Å². The van der Waals surface area contributed by atoms with Crippen molar-refractivity contribution in [2.75, 3.05) is 6.26 Å². The summed E-state index contributed by atoms with van der Waals surface area (Å²) in [5.41, 5.74) is 5.57. The molecule has 20 heavy (non-hydrogen) atoms. The lowest BCUT2D eigenvalue weighted by Crippen LogP contribution is -2.13. The van der Waals surface area contributed by atoms with Gasteiger partial charge >= 0.3 is 6.01 Å². The molecule has 0 aliphatic heterocycles. The number of ether oxygens (including phenoxy) is 1. The summed E-state index contributed by atoms with van der Waals surface area (Å²) in [5, 5.41) is 7.27. The number of hydrogen-bond donors (Lipinski definition) is 2. The topological polar surface area (TPSA) is 119 Å². The largest absolute Gasteiger partial charge is 0.424 e. The van der Waals surface area contributed by atoms with Gasteiger partial charge in [-0.3, -0.25) is 5.41 Å². The second kappa shape index (κ2) is 5.25. The number of amidine groups is 1. The van der Waals surface area contributed by atoms with Crippen LogP contribution in [0.15, 0.2) is 41.4 Å². The van der Waals surface area contributed by atoms with Crippen molar-refractivity contribution in [3.8, 4) is 11.8 Å². The number of sulfone groups is 1. The number of nitrogens with one attached hydrogen (secondary N) is 1. The molecule has 1 aromatic heterocycles. The second-order valence-electron chi connectivity index (χ2n) is 3.98. The highest BCUT2D eigenvalue weighted by Crippen LogP contribution is 2.20. The molecule has 0 radical (unpaired) electrons. The van der Waals surface area contributed by atoms with Crippen LogP contribution in [-0.2, 0) is 9.84 Å². The van der Waals surface area contributed by atoms with E-state index in [4.69, 9.17) is 15.9 Å². The molecule has 0 spiro atoms. The maximum Gasteiger partial charge on any atom is 0.322 e. The van der Waals surface area contributed by atoms with Gasteiger partial charge in [0.2, 0.25) is 0 Å². The number of aromatic nitrogens is 2. The van der Waals surface area contributed by atoms with Gasteiger partial charge in [-0.25, -0.2) is 13.4 Å². The van der Waals surface area contributed by atoms with Crippen LogP contribution >= 0.6 is 0 Å². The number of nitrogens with two attached hydrogens (primary N) is 1. The van der Waals surface area contributed by atoms with Crippen molar-refractivity contribution in [3.63, 3.8) is 0 Å². The van der Waals surface area contributed by atoms with Gasteiger partial charge in [-0.1, -0.05) is 0 Å². The molecule has 8 heteroatoms. The van der Waals surface area contributed by atoms with Crippen LogP contribution in [0.4, 0.5) is 0 Å². The molecule has 2 aromatic rings. The molecule has 1 heterocycles. The zero-order valence-corrected chi connectivity index (χ0v) is 11.4. The smallest absolute Gasteiger partial charge is 0.322 e. The van der Waals surface area contributed by atoms with Gasteiger partial charge in [0, 0.05) is 12.5 Å². The molecule has 0 saturated heterocycles. The Labute approximate surface area is 115 Å². The average molecular weight is 292 g/mol. The molecule has 7 nitrogen and oxygen atoms in total. The maximum atomic E-state index is 11.3. The van der Waals surface area contributed by atoms with Gasteiger partial charge in [0.1, 0.15) is 17.3 Å². The summed E-state index contributed by atoms with van der Waals surface area (Å²) in [4.78, 5) is 8.02. The van der Waals surface area contributed by atoms with Crippen LogP contribution in [0.1, 0.15) is 5.69 Å². The third kappa shape index (κ3) is 3.29. The van der Waals surface area contributed by atoms with Crippen molar-refractivity contribution in [1.29, 1.82) is 5.41 Å². The highest BCUT2D eigenvalue weighted by atomic mass is 32.2. The SMILES string of the molecule is CS(=O)(=O)c1ccc(Oc2nccc(C(=N)N)n2)cc1. The van der Waals surface area contributed by atoms with Crippen LogP contribution in [0, 0.1) is 5.41 Å². The Morgan fingerprint density at radius 3 is 2.45 bits per heavy atom. The Morgan fingerprint density at radius 1 is 1.25 bits per heavy atom. The summed E-state index contributed by atoms with van der Waals surface area (Å²) in [5.74, 6) is 0.197. The number of rotatable bonds is 4. The zero-order chi connectivity index (χ0) is 14.8. The van der Waals surface area contributed by atoms with E-state index in [1.807, 2.05) is 0 Å². The molecule has 2 rings (SSSR count). The predicted octanol–water partition coefficient (Wildman–Crippen LogP) is 0.956. The summed E-state index contributed by atoms with van der Waals surface area (Å²) in [6.45, 7) is 0. The zero-order valence-electron chi connectivity index (χ0n) is 10.6. The van der Waals surface area contributed by atoms with E-state index in [9.17, 15) is 8.42 Å². The van der Waals surface area contributed by atoms with Crippen molar-refractivity contribution in [2.24, 2.45) is 5.73 Å². The van der Waals surface area contributed by atoms with E-state index in [-0.39, 0.29) is 22.4 Å². The predicted molar refractivity (Wildman–Crippen MR) is 72.7 cm³/mol. The van der Waals surface area contributed by atoms with Crippen LogP contribution in [-0.4, -0.2) is 30.5 Å². The fourth-order valence-electron chi connectivity index (χ4n) is 1.40. The van der Waals surface area contributed by atoms with E-state index >= 15 is 0 Å². The molecule has 0 aliphatic rings. The van der Waals surface area contributed by atoms with Gasteiger partial charge < -0.3 is 10.5 Å². The van der Waals surface area contributed by atoms with Crippen molar-refractivity contribution in [3.05, 3.63) is 42.2 Å². The summed E-state index contributed by atoms with van der Waals surface area (Å²) in [6, 6.07) is 7.38. The van der Waals surface area contributed by atoms with Crippen LogP contribution in [0.2, 0.25) is 0 Å². The van der Waals surface area contributed by atoms with E-state index in [1.54, 1.807) is 0 Å². The number of hydrogen-bond acceptors (Lipinski definition) is 6. The monoisotopic (exact) mass is 292 g/mol. The van der Waals surface area contributed by atoms with Crippen molar-refractivity contribution in [1.82, 2.24) is 9.97 Å². The first-order chi connectivity index (χ1) is 9.36. The van der Waals surface area contributed by atoms with E-state index in [0.717, 1.165) is 6.26 Å². The standard InChI is InChI=1S/C12H12N4O3S/c1-20(17,18)9-4-2-8(3-5-9)19-12-15-7-6-10(16-12)11(13)14/h2-7H,1H3,(H3,13,14). The minimum atomic E-state index is -3.24. The maximum absolute atomic E-state index is 11.3. The first kappa shape index (κ1) is 13.9. The summed E-state index contributed by atoms with van der Waals surface area (Å²) in [6.07, 6.45) is 2.55. The van der Waals surface area contributed by atoms with Crippen LogP contribution in [0.5, 0.6) is 11.8 Å². The summed E-state index contributed by atoms with van der Waals surface area (Å²) >= 11 is 0. The molecular weight excluding hydrogens is 280 g/mol. The Morgan fingerprint density at radius 2 is 1.90 bits per heavy atom. The lowest BCUT2D eigenvalue weighted by molar-refractivity contribution is 0.441. The summed E-state index contributed by atoms with van der Waals surface area (Å²) in [7, 11) is -3.24. The minimum absolute atomic E-state index is 0.0322. The number of nitrogens with zero attached hydrogens (tertiary/aromatic N) is 2. The lowest BCUT2D eigenvalue weighted by Gasteiger charge is -2.05. The second-order valence-corrected chi connectivity index (χ2v) is 6.00. The minimum Gasteiger partial charge on any atom is -0.424 e. The van der Waals surface area contributed by atoms with Crippen LogP contribution in [0.3, 0.4) is 0 Å². The Hall–Kier alpha value is -2.48. The highest BCUT2D eigenvalue weighted by molar-refractivity contribution is 7.90. The quantitative estimate of drug-likeness (QED) is 0.639. The molecule has 3 N–H and O–H groups in total. The number of benzene rings is 1. The molecule has 0 bridgehead atoms. The van der Waals surface area contributed by atoms with E-state index in [2.05, 4.69) is 9.97 Å². The normalized spacial score (nSPS) is 11.1. The molecular formula is C12H12N4O3S. The molecule has 104 valence electrons. The third-order valence-corrected chi connectivity index (χ3v) is 3.50. The van der Waals surface area contributed by atoms with Gasteiger partial charge in [-0.2, -0.15) is 4.98 Å². The van der Waals surface area contributed by atoms with Crippen molar-refractivity contribution in [2.45, 2.75) is 4.90 Å². The fraction of sp³-hybridized carbons (Fsp3) is 0.0833. The first-order valence-corrected chi connectivity index (χ1v) is 7.41. The van der Waals surface area contributed by atoms with Gasteiger partial charge in [0.25, 0.3) is 0 Å². The molecule has 0 unspecified atom stereocenters. The molecule has 0 atom stereocenters. The molecule has 0 fully saturated rings. The highest BCUT2D eigenvalue weighted by Gasteiger charge is 2.08. The van der Waals surface area contributed by atoms with Gasteiger partial charge in [-0.15, -0.1) is 0 Å². The molecule has 0 aliphatic carbocycles. The van der Waals surface area contributed by atoms with Gasteiger partial charge in [0.05, 0.1) is 4.90 Å². The van der Waals surface area contributed by atoms with Crippen LogP contribution in [0.25, 0.3) is 0 Å². The van der Waals surface area contributed by atoms with E-state index < -0.39 is 9.84 Å². The van der Waals surface area contributed by atoms with Gasteiger partial charge in [-0.05, 0) is 30.3 Å². The molecule has 0 saturated carbocycles. The Balaban J connectivity index is 2.22. The first-order valence-electron chi connectivity index (χ1n) is 5.52. The van der Waals surface area contributed by atoms with E-state index in [1.165, 1.54) is 36.5 Å². The Kier molecular flexibility index (Phi) is 3.66. The lowest BCUT2D eigenvalue weighted by atomic mass is 10.3. The summed E-state index contributed by atoms with van der Waals surface area (Å²) < 4.78 is 28.0. The average Bonchev–Trinajstić information content (AvgIpc) is 2.38. The third-order valence-electron chi connectivity index (χ3n) is 2.37. The van der Waals surface area contributed by atoms with E-state index in [0.29, 0.717) is 5.75 Å². The molecule has 1 aromatic carbocycles. The Bertz CT molecular complexity index is 742.